The predicted octanol–water partition coefficient (Wildman–Crippen LogP) is 4.91. The summed E-state index contributed by atoms with van der Waals surface area (Å²) >= 11 is 0. The smallest absolute Gasteiger partial charge is 0.274 e. The van der Waals surface area contributed by atoms with Crippen LogP contribution in [0.25, 0.3) is 0 Å². The molecule has 0 aliphatic rings. The second-order valence-electron chi connectivity index (χ2n) is 6.86. The number of hydrogen-bond acceptors (Lipinski definition) is 4. The van der Waals surface area contributed by atoms with Crippen LogP contribution in [0.3, 0.4) is 0 Å². The van der Waals surface area contributed by atoms with Crippen molar-refractivity contribution in [1.29, 1.82) is 0 Å². The summed E-state index contributed by atoms with van der Waals surface area (Å²) in [5.41, 5.74) is 3.61. The number of rotatable bonds is 6. The third-order valence-corrected chi connectivity index (χ3v) is 4.45. The molecule has 0 aliphatic heterocycles. The van der Waals surface area contributed by atoms with Crippen molar-refractivity contribution in [2.75, 3.05) is 10.6 Å². The molecule has 5 nitrogen and oxygen atoms in total. The Morgan fingerprint density at radius 3 is 2.64 bits per heavy atom. The zero-order chi connectivity index (χ0) is 20.1. The third kappa shape index (κ3) is 4.52. The van der Waals surface area contributed by atoms with E-state index in [2.05, 4.69) is 34.4 Å². The van der Waals surface area contributed by atoms with E-state index in [0.717, 1.165) is 16.8 Å². The maximum absolute atomic E-state index is 13.7. The van der Waals surface area contributed by atoms with Gasteiger partial charge in [-0.05, 0) is 36.1 Å². The number of anilines is 2. The van der Waals surface area contributed by atoms with Crippen LogP contribution in [-0.2, 0) is 6.54 Å². The second kappa shape index (κ2) is 8.61. The Kier molecular flexibility index (Phi) is 5.99. The molecule has 3 rings (SSSR count). The lowest BCUT2D eigenvalue weighted by Crippen LogP contribution is -2.17. The summed E-state index contributed by atoms with van der Waals surface area (Å²) in [6.07, 6.45) is 1.51. The van der Waals surface area contributed by atoms with Crippen LogP contribution in [-0.4, -0.2) is 15.9 Å². The monoisotopic (exact) mass is 378 g/mol. The highest BCUT2D eigenvalue weighted by molar-refractivity contribution is 6.03. The van der Waals surface area contributed by atoms with Crippen LogP contribution in [0.15, 0.2) is 54.7 Å². The zero-order valence-corrected chi connectivity index (χ0v) is 16.2. The molecule has 1 aromatic heterocycles. The highest BCUT2D eigenvalue weighted by Gasteiger charge is 2.15. The number of hydrogen-bond donors (Lipinski definition) is 2. The first-order valence-electron chi connectivity index (χ1n) is 9.17. The number of aryl methyl sites for hydroxylation is 1. The quantitative estimate of drug-likeness (QED) is 0.639. The summed E-state index contributed by atoms with van der Waals surface area (Å²) in [7, 11) is 0. The number of carbonyl (C=O) groups excluding carboxylic acids is 1. The van der Waals surface area contributed by atoms with Gasteiger partial charge in [0.2, 0.25) is 5.95 Å². The van der Waals surface area contributed by atoms with E-state index < -0.39 is 0 Å². The Morgan fingerprint density at radius 1 is 1.11 bits per heavy atom. The molecule has 2 aromatic carbocycles. The van der Waals surface area contributed by atoms with Crippen LogP contribution < -0.4 is 10.6 Å². The Morgan fingerprint density at radius 2 is 1.89 bits per heavy atom. The van der Waals surface area contributed by atoms with Crippen LogP contribution in [0, 0.1) is 12.7 Å². The van der Waals surface area contributed by atoms with Gasteiger partial charge < -0.3 is 10.6 Å². The Balaban J connectivity index is 1.75. The number of aromatic nitrogens is 2. The van der Waals surface area contributed by atoms with Gasteiger partial charge in [-0.1, -0.05) is 50.2 Å². The molecule has 0 aliphatic carbocycles. The Bertz CT molecular complexity index is 988. The van der Waals surface area contributed by atoms with Crippen molar-refractivity contribution < 1.29 is 9.18 Å². The first kappa shape index (κ1) is 19.5. The van der Waals surface area contributed by atoms with Gasteiger partial charge in [0.1, 0.15) is 11.5 Å². The van der Waals surface area contributed by atoms with Gasteiger partial charge in [0.15, 0.2) is 0 Å². The minimum atomic E-state index is -0.312. The highest BCUT2D eigenvalue weighted by atomic mass is 19.1. The molecule has 0 fully saturated rings. The summed E-state index contributed by atoms with van der Waals surface area (Å²) in [5, 5.41) is 5.93. The molecule has 6 heteroatoms. The van der Waals surface area contributed by atoms with Crippen molar-refractivity contribution in [2.45, 2.75) is 33.2 Å². The Hall–Kier alpha value is -3.28. The van der Waals surface area contributed by atoms with Crippen molar-refractivity contribution in [3.8, 4) is 0 Å². The fraction of sp³-hybridized carbons (Fsp3) is 0.227. The van der Waals surface area contributed by atoms with Crippen molar-refractivity contribution in [3.05, 3.63) is 82.9 Å². The molecule has 0 atom stereocenters. The number of nitrogens with zero attached hydrogens (tertiary/aromatic N) is 2. The zero-order valence-electron chi connectivity index (χ0n) is 16.2. The molecule has 0 radical (unpaired) electrons. The van der Waals surface area contributed by atoms with E-state index in [9.17, 15) is 9.18 Å². The van der Waals surface area contributed by atoms with E-state index in [-0.39, 0.29) is 35.8 Å². The van der Waals surface area contributed by atoms with Crippen LogP contribution >= 0.6 is 0 Å². The molecule has 144 valence electrons. The van der Waals surface area contributed by atoms with Crippen LogP contribution in [0.4, 0.5) is 16.0 Å². The predicted molar refractivity (Wildman–Crippen MR) is 109 cm³/mol. The molecule has 3 aromatic rings. The standard InChI is InChI=1S/C22H23FN4O/c1-14(2)17-9-6-7-15(3)20(17)27-21(28)19-11-12-24-22(26-19)25-13-16-8-4-5-10-18(16)23/h4-12,14H,13H2,1-3H3,(H,27,28)(H,24,25,26). The van der Waals surface area contributed by atoms with E-state index >= 15 is 0 Å². The third-order valence-electron chi connectivity index (χ3n) is 4.45. The molecule has 0 saturated heterocycles. The molecule has 2 N–H and O–H groups in total. The summed E-state index contributed by atoms with van der Waals surface area (Å²) in [6.45, 7) is 6.36. The van der Waals surface area contributed by atoms with Gasteiger partial charge >= 0.3 is 0 Å². The van der Waals surface area contributed by atoms with Crippen molar-refractivity contribution >= 4 is 17.5 Å². The average Bonchev–Trinajstić information content (AvgIpc) is 2.69. The SMILES string of the molecule is Cc1cccc(C(C)C)c1NC(=O)c1ccnc(NCc2ccccc2F)n1. The number of halogens is 1. The highest BCUT2D eigenvalue weighted by Crippen LogP contribution is 2.27. The van der Waals surface area contributed by atoms with Gasteiger partial charge in [-0.3, -0.25) is 4.79 Å². The molecule has 0 saturated carbocycles. The minimum Gasteiger partial charge on any atom is -0.350 e. The lowest BCUT2D eigenvalue weighted by atomic mass is 9.98. The lowest BCUT2D eigenvalue weighted by Gasteiger charge is -2.16. The van der Waals surface area contributed by atoms with Crippen molar-refractivity contribution in [1.82, 2.24) is 9.97 Å². The maximum Gasteiger partial charge on any atom is 0.274 e. The summed E-state index contributed by atoms with van der Waals surface area (Å²) < 4.78 is 13.7. The fourth-order valence-corrected chi connectivity index (χ4v) is 2.91. The van der Waals surface area contributed by atoms with E-state index in [1.54, 1.807) is 24.3 Å². The van der Waals surface area contributed by atoms with Crippen LogP contribution in [0.5, 0.6) is 0 Å². The van der Waals surface area contributed by atoms with Gasteiger partial charge in [-0.15, -0.1) is 0 Å². The summed E-state index contributed by atoms with van der Waals surface area (Å²) in [5.74, 6) is -0.0689. The number of para-hydroxylation sites is 1. The van der Waals surface area contributed by atoms with Gasteiger partial charge in [-0.25, -0.2) is 14.4 Å². The van der Waals surface area contributed by atoms with E-state index in [0.29, 0.717) is 5.56 Å². The van der Waals surface area contributed by atoms with Gasteiger partial charge in [0.25, 0.3) is 5.91 Å². The molecule has 0 spiro atoms. The van der Waals surface area contributed by atoms with E-state index in [4.69, 9.17) is 0 Å². The number of amides is 1. The normalized spacial score (nSPS) is 10.8. The molecule has 1 heterocycles. The number of nitrogens with one attached hydrogen (secondary N) is 2. The molecule has 1 amide bonds. The maximum atomic E-state index is 13.7. The molecule has 28 heavy (non-hydrogen) atoms. The first-order chi connectivity index (χ1) is 13.5. The van der Waals surface area contributed by atoms with E-state index in [1.807, 2.05) is 25.1 Å². The molecule has 0 unspecified atom stereocenters. The minimum absolute atomic E-state index is 0.229. The number of benzene rings is 2. The first-order valence-corrected chi connectivity index (χ1v) is 9.17. The van der Waals surface area contributed by atoms with Crippen molar-refractivity contribution in [2.24, 2.45) is 0 Å². The molecular weight excluding hydrogens is 355 g/mol. The number of carbonyl (C=O) groups is 1. The largest absolute Gasteiger partial charge is 0.350 e. The Labute approximate surface area is 164 Å². The fourth-order valence-electron chi connectivity index (χ4n) is 2.91. The average molecular weight is 378 g/mol. The molecular formula is C22H23FN4O. The van der Waals surface area contributed by atoms with Crippen LogP contribution in [0.1, 0.15) is 46.9 Å². The summed E-state index contributed by atoms with van der Waals surface area (Å²) in [4.78, 5) is 21.1. The van der Waals surface area contributed by atoms with Gasteiger partial charge in [-0.2, -0.15) is 0 Å². The second-order valence-corrected chi connectivity index (χ2v) is 6.86. The van der Waals surface area contributed by atoms with Crippen molar-refractivity contribution in [3.63, 3.8) is 0 Å². The van der Waals surface area contributed by atoms with Crippen LogP contribution in [0.2, 0.25) is 0 Å². The topological polar surface area (TPSA) is 66.9 Å². The summed E-state index contributed by atoms with van der Waals surface area (Å²) in [6, 6.07) is 14.0. The molecule has 0 bridgehead atoms. The van der Waals surface area contributed by atoms with Gasteiger partial charge in [0, 0.05) is 24.0 Å². The lowest BCUT2D eigenvalue weighted by molar-refractivity contribution is 0.102. The van der Waals surface area contributed by atoms with E-state index in [1.165, 1.54) is 12.3 Å². The van der Waals surface area contributed by atoms with Gasteiger partial charge in [0.05, 0.1) is 0 Å².